The molecule has 0 aromatic heterocycles. The minimum absolute atomic E-state index is 0.282. The van der Waals surface area contributed by atoms with Crippen LogP contribution in [0.4, 0.5) is 5.69 Å². The van der Waals surface area contributed by atoms with Crippen LogP contribution in [0.3, 0.4) is 0 Å². The van der Waals surface area contributed by atoms with Gasteiger partial charge in [-0.25, -0.2) is 0 Å². The second kappa shape index (κ2) is 7.07. The number of aryl methyl sites for hydroxylation is 1. The Morgan fingerprint density at radius 2 is 1.52 bits per heavy atom. The zero-order valence-corrected chi connectivity index (χ0v) is 12.8. The number of Topliss-reactive ketones (excluding diaryl/α,β-unsaturated/α-hetero) is 1. The van der Waals surface area contributed by atoms with Gasteiger partial charge in [0, 0.05) is 18.5 Å². The summed E-state index contributed by atoms with van der Waals surface area (Å²) >= 11 is 0. The number of hydrogen-bond acceptors (Lipinski definition) is 2. The molecular formula is C19H23NO. The first kappa shape index (κ1) is 15.3. The number of benzene rings is 2. The van der Waals surface area contributed by atoms with Crippen LogP contribution in [-0.4, -0.2) is 5.78 Å². The summed E-state index contributed by atoms with van der Waals surface area (Å²) in [6, 6.07) is 16.1. The Bertz CT molecular complexity index is 582. The predicted octanol–water partition coefficient (Wildman–Crippen LogP) is 4.14. The topological polar surface area (TPSA) is 43.1 Å². The van der Waals surface area contributed by atoms with E-state index in [4.69, 9.17) is 5.73 Å². The zero-order valence-electron chi connectivity index (χ0n) is 12.8. The highest BCUT2D eigenvalue weighted by Gasteiger charge is 2.05. The van der Waals surface area contributed by atoms with Gasteiger partial charge in [-0.1, -0.05) is 50.2 Å². The quantitative estimate of drug-likeness (QED) is 0.809. The zero-order chi connectivity index (χ0) is 15.2. The van der Waals surface area contributed by atoms with Crippen LogP contribution >= 0.6 is 0 Å². The van der Waals surface area contributed by atoms with Gasteiger partial charge in [-0.05, 0) is 41.2 Å². The minimum Gasteiger partial charge on any atom is -0.399 e. The third kappa shape index (κ3) is 4.75. The fourth-order valence-corrected chi connectivity index (χ4v) is 2.30. The fourth-order valence-electron chi connectivity index (χ4n) is 2.30. The number of nitrogen functional groups attached to an aromatic ring is 1. The molecule has 0 radical (unpaired) electrons. The summed E-state index contributed by atoms with van der Waals surface area (Å²) < 4.78 is 0. The number of carbonyl (C=O) groups is 1. The molecule has 2 aromatic rings. The third-order valence-corrected chi connectivity index (χ3v) is 3.72. The average molecular weight is 281 g/mol. The lowest BCUT2D eigenvalue weighted by Crippen LogP contribution is -2.04. The second-order valence-electron chi connectivity index (χ2n) is 5.85. The molecule has 0 saturated carbocycles. The standard InChI is InChI=1S/C19H23NO/c1-14(2)17-8-3-16(4-9-17)13-19(21)12-7-15-5-10-18(20)11-6-15/h3-6,8-11,14H,7,12-13,20H2,1-2H3. The predicted molar refractivity (Wildman–Crippen MR) is 88.4 cm³/mol. The van der Waals surface area contributed by atoms with Crippen molar-refractivity contribution in [3.05, 3.63) is 65.2 Å². The maximum atomic E-state index is 12.0. The summed E-state index contributed by atoms with van der Waals surface area (Å²) in [5.74, 6) is 0.810. The van der Waals surface area contributed by atoms with Crippen LogP contribution < -0.4 is 5.73 Å². The van der Waals surface area contributed by atoms with Gasteiger partial charge in [0.05, 0.1) is 0 Å². The second-order valence-corrected chi connectivity index (χ2v) is 5.85. The Labute approximate surface area is 127 Å². The van der Waals surface area contributed by atoms with Gasteiger partial charge in [0.2, 0.25) is 0 Å². The SMILES string of the molecule is CC(C)c1ccc(CC(=O)CCc2ccc(N)cc2)cc1. The lowest BCUT2D eigenvalue weighted by Gasteiger charge is -2.07. The van der Waals surface area contributed by atoms with Crippen molar-refractivity contribution >= 4 is 11.5 Å². The highest BCUT2D eigenvalue weighted by atomic mass is 16.1. The van der Waals surface area contributed by atoms with Crippen LogP contribution in [0.5, 0.6) is 0 Å². The van der Waals surface area contributed by atoms with Crippen LogP contribution in [-0.2, 0) is 17.6 Å². The molecule has 2 N–H and O–H groups in total. The van der Waals surface area contributed by atoms with E-state index < -0.39 is 0 Å². The molecule has 0 amide bonds. The molecule has 110 valence electrons. The van der Waals surface area contributed by atoms with E-state index in [0.29, 0.717) is 18.8 Å². The molecule has 2 nitrogen and oxygen atoms in total. The molecule has 0 bridgehead atoms. The van der Waals surface area contributed by atoms with E-state index in [1.807, 2.05) is 24.3 Å². The van der Waals surface area contributed by atoms with Crippen molar-refractivity contribution in [3.8, 4) is 0 Å². The van der Waals surface area contributed by atoms with E-state index in [2.05, 4.69) is 38.1 Å². The maximum absolute atomic E-state index is 12.0. The Hall–Kier alpha value is -2.09. The largest absolute Gasteiger partial charge is 0.399 e. The van der Waals surface area contributed by atoms with Gasteiger partial charge in [-0.3, -0.25) is 4.79 Å². The Morgan fingerprint density at radius 3 is 2.10 bits per heavy atom. The number of nitrogens with two attached hydrogens (primary N) is 1. The molecule has 0 unspecified atom stereocenters. The summed E-state index contributed by atoms with van der Waals surface area (Å²) in [6.45, 7) is 4.35. The van der Waals surface area contributed by atoms with Crippen LogP contribution in [0.25, 0.3) is 0 Å². The molecule has 0 atom stereocenters. The van der Waals surface area contributed by atoms with Crippen molar-refractivity contribution in [1.29, 1.82) is 0 Å². The summed E-state index contributed by atoms with van der Waals surface area (Å²) in [4.78, 5) is 12.0. The van der Waals surface area contributed by atoms with Crippen LogP contribution in [0, 0.1) is 0 Å². The molecule has 0 heterocycles. The molecule has 0 aliphatic heterocycles. The van der Waals surface area contributed by atoms with Crippen LogP contribution in [0.1, 0.15) is 42.9 Å². The van der Waals surface area contributed by atoms with Gasteiger partial charge < -0.3 is 5.73 Å². The van der Waals surface area contributed by atoms with Crippen LogP contribution in [0.15, 0.2) is 48.5 Å². The number of ketones is 1. The number of anilines is 1. The highest BCUT2D eigenvalue weighted by Crippen LogP contribution is 2.15. The van der Waals surface area contributed by atoms with E-state index in [-0.39, 0.29) is 5.78 Å². The lowest BCUT2D eigenvalue weighted by atomic mass is 9.98. The van der Waals surface area contributed by atoms with Gasteiger partial charge >= 0.3 is 0 Å². The van der Waals surface area contributed by atoms with Gasteiger partial charge in [0.15, 0.2) is 0 Å². The molecule has 0 aliphatic carbocycles. The molecule has 21 heavy (non-hydrogen) atoms. The summed E-state index contributed by atoms with van der Waals surface area (Å²) in [6.07, 6.45) is 1.88. The molecule has 0 fully saturated rings. The lowest BCUT2D eigenvalue weighted by molar-refractivity contribution is -0.118. The number of carbonyl (C=O) groups excluding carboxylic acids is 1. The number of rotatable bonds is 6. The highest BCUT2D eigenvalue weighted by molar-refractivity contribution is 5.81. The van der Waals surface area contributed by atoms with E-state index in [9.17, 15) is 4.79 Å². The van der Waals surface area contributed by atoms with Crippen molar-refractivity contribution in [2.24, 2.45) is 0 Å². The summed E-state index contributed by atoms with van der Waals surface area (Å²) in [5.41, 5.74) is 9.98. The van der Waals surface area contributed by atoms with Crippen molar-refractivity contribution in [2.75, 3.05) is 5.73 Å². The monoisotopic (exact) mass is 281 g/mol. The molecule has 2 heteroatoms. The van der Waals surface area contributed by atoms with Gasteiger partial charge in [0.1, 0.15) is 5.78 Å². The van der Waals surface area contributed by atoms with E-state index in [1.54, 1.807) is 0 Å². The van der Waals surface area contributed by atoms with Gasteiger partial charge in [-0.2, -0.15) is 0 Å². The minimum atomic E-state index is 0.282. The molecule has 0 saturated heterocycles. The van der Waals surface area contributed by atoms with Crippen molar-refractivity contribution in [2.45, 2.75) is 39.0 Å². The van der Waals surface area contributed by atoms with E-state index in [1.165, 1.54) is 5.56 Å². The van der Waals surface area contributed by atoms with Gasteiger partial charge in [0.25, 0.3) is 0 Å². The molecular weight excluding hydrogens is 258 g/mol. The van der Waals surface area contributed by atoms with E-state index in [0.717, 1.165) is 23.2 Å². The average Bonchev–Trinajstić information content (AvgIpc) is 2.47. The normalized spacial score (nSPS) is 10.8. The first-order valence-electron chi connectivity index (χ1n) is 7.49. The summed E-state index contributed by atoms with van der Waals surface area (Å²) in [5, 5.41) is 0. The van der Waals surface area contributed by atoms with Crippen molar-refractivity contribution in [3.63, 3.8) is 0 Å². The Morgan fingerprint density at radius 1 is 0.952 bits per heavy atom. The molecule has 2 rings (SSSR count). The van der Waals surface area contributed by atoms with E-state index >= 15 is 0 Å². The Balaban J connectivity index is 1.85. The number of hydrogen-bond donors (Lipinski definition) is 1. The Kier molecular flexibility index (Phi) is 5.15. The first-order chi connectivity index (χ1) is 10.0. The first-order valence-corrected chi connectivity index (χ1v) is 7.49. The third-order valence-electron chi connectivity index (χ3n) is 3.72. The maximum Gasteiger partial charge on any atom is 0.137 e. The van der Waals surface area contributed by atoms with Crippen molar-refractivity contribution < 1.29 is 4.79 Å². The smallest absolute Gasteiger partial charge is 0.137 e. The van der Waals surface area contributed by atoms with Crippen LogP contribution in [0.2, 0.25) is 0 Å². The van der Waals surface area contributed by atoms with Gasteiger partial charge in [-0.15, -0.1) is 0 Å². The molecule has 0 aliphatic rings. The molecule has 2 aromatic carbocycles. The molecule has 0 spiro atoms. The fraction of sp³-hybridized carbons (Fsp3) is 0.316. The summed E-state index contributed by atoms with van der Waals surface area (Å²) in [7, 11) is 0. The van der Waals surface area contributed by atoms with Crippen molar-refractivity contribution in [1.82, 2.24) is 0 Å².